The summed E-state index contributed by atoms with van der Waals surface area (Å²) in [5.74, 6) is 1.84. The van der Waals surface area contributed by atoms with Gasteiger partial charge < -0.3 is 14.2 Å². The summed E-state index contributed by atoms with van der Waals surface area (Å²) in [5, 5.41) is 6.50. The number of oxazole rings is 1. The van der Waals surface area contributed by atoms with E-state index in [1.807, 2.05) is 61.5 Å². The van der Waals surface area contributed by atoms with E-state index in [-0.39, 0.29) is 11.0 Å². The molecule has 0 aliphatic heterocycles. The van der Waals surface area contributed by atoms with Gasteiger partial charge in [-0.2, -0.15) is 0 Å². The average molecular weight is 570 g/mol. The second-order valence-corrected chi connectivity index (χ2v) is 10.4. The first kappa shape index (κ1) is 27.4. The molecule has 2 N–H and O–H groups in total. The summed E-state index contributed by atoms with van der Waals surface area (Å²) in [6.07, 6.45) is 4.01. The number of thiocarbonyl (C=S) groups is 1. The van der Waals surface area contributed by atoms with Gasteiger partial charge >= 0.3 is 0 Å². The number of hydrogen-bond donors (Lipinski definition) is 2. The quantitative estimate of drug-likeness (QED) is 0.151. The number of fused-ring (bicyclic) bond motifs is 1. The summed E-state index contributed by atoms with van der Waals surface area (Å²) in [7, 11) is 0. The number of nitrogens with zero attached hydrogens (tertiary/aromatic N) is 1. The maximum atomic E-state index is 12.4. The molecule has 40 heavy (non-hydrogen) atoms. The zero-order chi connectivity index (χ0) is 28.2. The maximum absolute atomic E-state index is 12.4. The Morgan fingerprint density at radius 1 is 1.02 bits per heavy atom. The molecule has 0 saturated heterocycles. The summed E-state index contributed by atoms with van der Waals surface area (Å²) in [4.78, 5) is 17.1. The van der Waals surface area contributed by atoms with Gasteiger partial charge in [0, 0.05) is 27.9 Å². The number of carbonyl (C=O) groups excluding carboxylic acids is 1. The van der Waals surface area contributed by atoms with E-state index >= 15 is 0 Å². The normalized spacial score (nSPS) is 12.1. The molecule has 5 rings (SSSR count). The molecule has 0 spiro atoms. The van der Waals surface area contributed by atoms with E-state index in [0.717, 1.165) is 39.9 Å². The minimum absolute atomic E-state index is 0.177. The van der Waals surface area contributed by atoms with Gasteiger partial charge in [-0.25, -0.2) is 4.98 Å². The number of benzene rings is 3. The second-order valence-electron chi connectivity index (χ2n) is 9.58. The van der Waals surface area contributed by atoms with Crippen LogP contribution in [0.4, 0.5) is 5.69 Å². The number of amides is 1. The van der Waals surface area contributed by atoms with Crippen LogP contribution in [0.1, 0.15) is 43.1 Å². The third-order valence-corrected chi connectivity index (χ3v) is 7.31. The molecule has 1 amide bonds. The summed E-state index contributed by atoms with van der Waals surface area (Å²) < 4.78 is 11.8. The molecule has 0 saturated carbocycles. The topological polar surface area (TPSA) is 80.3 Å². The van der Waals surface area contributed by atoms with Crippen LogP contribution in [0, 0.1) is 6.92 Å². The summed E-state index contributed by atoms with van der Waals surface area (Å²) in [6.45, 7) is 6.32. The van der Waals surface area contributed by atoms with Gasteiger partial charge in [-0.05, 0) is 103 Å². The van der Waals surface area contributed by atoms with E-state index in [1.165, 1.54) is 11.6 Å². The zero-order valence-electron chi connectivity index (χ0n) is 22.3. The lowest BCUT2D eigenvalue weighted by molar-refractivity contribution is -0.115. The molecular formula is C32H28ClN3O3S. The fourth-order valence-corrected chi connectivity index (χ4v) is 4.52. The van der Waals surface area contributed by atoms with Gasteiger partial charge in [-0.15, -0.1) is 0 Å². The van der Waals surface area contributed by atoms with E-state index < -0.39 is 0 Å². The zero-order valence-corrected chi connectivity index (χ0v) is 23.9. The van der Waals surface area contributed by atoms with E-state index in [4.69, 9.17) is 32.7 Å². The Morgan fingerprint density at radius 3 is 2.55 bits per heavy atom. The monoisotopic (exact) mass is 569 g/mol. The van der Waals surface area contributed by atoms with E-state index in [9.17, 15) is 4.79 Å². The fraction of sp³-hybridized carbons (Fsp3) is 0.156. The van der Waals surface area contributed by atoms with Crippen molar-refractivity contribution in [1.82, 2.24) is 10.3 Å². The van der Waals surface area contributed by atoms with Crippen LogP contribution in [-0.4, -0.2) is 16.0 Å². The average Bonchev–Trinajstić information content (AvgIpc) is 3.60. The van der Waals surface area contributed by atoms with Crippen LogP contribution < -0.4 is 10.6 Å². The van der Waals surface area contributed by atoms with Crippen LogP contribution in [-0.2, 0) is 4.79 Å². The van der Waals surface area contributed by atoms with E-state index in [1.54, 1.807) is 12.1 Å². The van der Waals surface area contributed by atoms with Gasteiger partial charge in [0.25, 0.3) is 0 Å². The van der Waals surface area contributed by atoms with Crippen molar-refractivity contribution in [3.8, 4) is 22.8 Å². The number of halogens is 1. The predicted molar refractivity (Wildman–Crippen MR) is 165 cm³/mol. The molecule has 3 aromatic carbocycles. The summed E-state index contributed by atoms with van der Waals surface area (Å²) in [6, 6.07) is 23.0. The second kappa shape index (κ2) is 11.9. The largest absolute Gasteiger partial charge is 0.457 e. The number of anilines is 1. The van der Waals surface area contributed by atoms with Crippen molar-refractivity contribution in [3.63, 3.8) is 0 Å². The highest BCUT2D eigenvalue weighted by Gasteiger charge is 2.12. The minimum Gasteiger partial charge on any atom is -0.457 e. The number of rotatable bonds is 7. The highest BCUT2D eigenvalue weighted by atomic mass is 35.5. The first-order chi connectivity index (χ1) is 19.3. The van der Waals surface area contributed by atoms with Crippen LogP contribution in [0.5, 0.6) is 0 Å². The van der Waals surface area contributed by atoms with Gasteiger partial charge in [0.2, 0.25) is 11.8 Å². The maximum Gasteiger partial charge on any atom is 0.250 e. The van der Waals surface area contributed by atoms with Crippen molar-refractivity contribution >= 4 is 57.7 Å². The molecular weight excluding hydrogens is 542 g/mol. The van der Waals surface area contributed by atoms with Crippen LogP contribution in [0.25, 0.3) is 40.0 Å². The van der Waals surface area contributed by atoms with Crippen molar-refractivity contribution in [2.75, 3.05) is 5.32 Å². The third kappa shape index (κ3) is 6.33. The summed E-state index contributed by atoms with van der Waals surface area (Å²) in [5.41, 5.74) is 6.28. The van der Waals surface area contributed by atoms with Crippen molar-refractivity contribution in [3.05, 3.63) is 101 Å². The molecule has 0 aliphatic carbocycles. The number of furan rings is 1. The number of aryl methyl sites for hydroxylation is 1. The van der Waals surface area contributed by atoms with Crippen LogP contribution in [0.15, 0.2) is 87.7 Å². The molecule has 0 radical (unpaired) electrons. The van der Waals surface area contributed by atoms with Gasteiger partial charge in [0.05, 0.1) is 0 Å². The molecule has 2 aromatic heterocycles. The lowest BCUT2D eigenvalue weighted by atomic mass is 9.98. The lowest BCUT2D eigenvalue weighted by Crippen LogP contribution is -2.32. The number of hydrogen-bond acceptors (Lipinski definition) is 5. The van der Waals surface area contributed by atoms with Gasteiger partial charge in [-0.1, -0.05) is 43.6 Å². The Labute approximate surface area is 243 Å². The number of aromatic nitrogens is 1. The number of carbonyl (C=O) groups is 1. The first-order valence-electron chi connectivity index (χ1n) is 13.0. The van der Waals surface area contributed by atoms with Crippen LogP contribution in [0.3, 0.4) is 0 Å². The molecule has 5 aromatic rings. The molecule has 0 fully saturated rings. The SMILES string of the molecule is CC[C@@H](C)c1ccc2oc(-c3ccc(NC(=S)NC(=O)/C=C/c4ccc(-c5ccc(C)c(Cl)c5)o4)cc3)nc2c1. The molecule has 1 atom stereocenters. The minimum atomic E-state index is -0.381. The predicted octanol–water partition coefficient (Wildman–Crippen LogP) is 8.76. The Morgan fingerprint density at radius 2 is 1.80 bits per heavy atom. The van der Waals surface area contributed by atoms with Crippen molar-refractivity contribution in [2.45, 2.75) is 33.1 Å². The Bertz CT molecular complexity index is 1720. The Hall–Kier alpha value is -4.20. The third-order valence-electron chi connectivity index (χ3n) is 6.70. The van der Waals surface area contributed by atoms with Crippen LogP contribution >= 0.6 is 23.8 Å². The van der Waals surface area contributed by atoms with Crippen LogP contribution in [0.2, 0.25) is 5.02 Å². The van der Waals surface area contributed by atoms with Crippen molar-refractivity contribution < 1.29 is 13.6 Å². The smallest absolute Gasteiger partial charge is 0.250 e. The Balaban J connectivity index is 1.17. The molecule has 0 aliphatic rings. The van der Waals surface area contributed by atoms with E-state index in [0.29, 0.717) is 28.4 Å². The Kier molecular flexibility index (Phi) is 8.14. The molecule has 0 bridgehead atoms. The lowest BCUT2D eigenvalue weighted by Gasteiger charge is -2.08. The standard InChI is InChI=1S/C32H28ClN3O3S/c1-4-19(2)22-9-14-29-27(18-22)35-31(39-29)21-7-10-24(11-8-21)34-32(40)36-30(37)16-13-25-12-15-28(38-25)23-6-5-20(3)26(33)17-23/h5-19H,4H2,1-3H3,(H2,34,36,37,40)/b16-13+/t19-/m1/s1. The van der Waals surface area contributed by atoms with E-state index in [2.05, 4.69) is 41.6 Å². The first-order valence-corrected chi connectivity index (χ1v) is 13.7. The fourth-order valence-electron chi connectivity index (χ4n) is 4.12. The molecule has 0 unspecified atom stereocenters. The van der Waals surface area contributed by atoms with Gasteiger partial charge in [0.1, 0.15) is 17.0 Å². The van der Waals surface area contributed by atoms with Gasteiger partial charge in [0.15, 0.2) is 10.7 Å². The highest BCUT2D eigenvalue weighted by molar-refractivity contribution is 7.80. The molecule has 202 valence electrons. The highest BCUT2D eigenvalue weighted by Crippen LogP contribution is 2.29. The molecule has 2 heterocycles. The van der Waals surface area contributed by atoms with Crippen molar-refractivity contribution in [1.29, 1.82) is 0 Å². The van der Waals surface area contributed by atoms with Crippen molar-refractivity contribution in [2.24, 2.45) is 0 Å². The van der Waals surface area contributed by atoms with Gasteiger partial charge in [-0.3, -0.25) is 10.1 Å². The number of nitrogens with one attached hydrogen (secondary N) is 2. The molecule has 8 heteroatoms. The summed E-state index contributed by atoms with van der Waals surface area (Å²) >= 11 is 11.5. The molecule has 6 nitrogen and oxygen atoms in total.